The molecule has 0 aromatic rings. The molecule has 1 N–H and O–H groups in total. The first kappa shape index (κ1) is 12.5. The lowest BCUT2D eigenvalue weighted by Crippen LogP contribution is -2.55. The third kappa shape index (κ3) is 3.80. The molecule has 1 atom stereocenters. The summed E-state index contributed by atoms with van der Waals surface area (Å²) in [5.41, 5.74) is -0.687. The highest BCUT2D eigenvalue weighted by Crippen LogP contribution is 2.23. The molecule has 1 aliphatic rings. The molecule has 0 aromatic carbocycles. The first-order valence-electron chi connectivity index (χ1n) is 5.65. The minimum Gasteiger partial charge on any atom is -0.465 e. The molecule has 1 rings (SSSR count). The van der Waals surface area contributed by atoms with Crippen molar-refractivity contribution in [1.82, 2.24) is 5.32 Å². The van der Waals surface area contributed by atoms with Crippen LogP contribution in [0.15, 0.2) is 0 Å². The first-order chi connectivity index (χ1) is 7.12. The van der Waals surface area contributed by atoms with Gasteiger partial charge in [0.2, 0.25) is 0 Å². The number of rotatable bonds is 7. The maximum Gasteiger partial charge on any atom is 0.328 e. The van der Waals surface area contributed by atoms with Crippen LogP contribution in [0.1, 0.15) is 33.6 Å². The number of hydrogen-bond acceptors (Lipinski definition) is 4. The van der Waals surface area contributed by atoms with E-state index in [0.29, 0.717) is 25.9 Å². The molecule has 0 radical (unpaired) electrons. The second-order valence-corrected chi connectivity index (χ2v) is 4.11. The van der Waals surface area contributed by atoms with Crippen molar-refractivity contribution in [2.75, 3.05) is 19.8 Å². The molecule has 0 amide bonds. The molecule has 0 bridgehead atoms. The van der Waals surface area contributed by atoms with Crippen LogP contribution in [0.4, 0.5) is 0 Å². The van der Waals surface area contributed by atoms with Crippen molar-refractivity contribution in [3.05, 3.63) is 0 Å². The topological polar surface area (TPSA) is 47.6 Å². The molecule has 1 saturated carbocycles. The van der Waals surface area contributed by atoms with E-state index in [4.69, 9.17) is 9.47 Å². The highest BCUT2D eigenvalue weighted by Gasteiger charge is 2.39. The van der Waals surface area contributed by atoms with Crippen LogP contribution in [0, 0.1) is 0 Å². The number of hydrogen-bond donors (Lipinski definition) is 1. The van der Waals surface area contributed by atoms with Crippen LogP contribution in [-0.2, 0) is 14.3 Å². The van der Waals surface area contributed by atoms with Crippen molar-refractivity contribution < 1.29 is 14.3 Å². The zero-order chi connectivity index (χ0) is 11.3. The van der Waals surface area contributed by atoms with Crippen molar-refractivity contribution >= 4 is 5.97 Å². The van der Waals surface area contributed by atoms with Crippen LogP contribution in [0.5, 0.6) is 0 Å². The highest BCUT2D eigenvalue weighted by atomic mass is 16.5. The largest absolute Gasteiger partial charge is 0.465 e. The van der Waals surface area contributed by atoms with Crippen molar-refractivity contribution in [1.29, 1.82) is 0 Å². The number of ether oxygens (including phenoxy) is 2. The number of nitrogens with one attached hydrogen (secondary N) is 1. The summed E-state index contributed by atoms with van der Waals surface area (Å²) in [6.45, 7) is 6.98. The third-order valence-electron chi connectivity index (χ3n) is 2.42. The molecule has 0 saturated heterocycles. The summed E-state index contributed by atoms with van der Waals surface area (Å²) in [4.78, 5) is 11.8. The average Bonchev–Trinajstić information content (AvgIpc) is 2.99. The zero-order valence-electron chi connectivity index (χ0n) is 9.84. The van der Waals surface area contributed by atoms with Gasteiger partial charge >= 0.3 is 5.97 Å². The fraction of sp³-hybridized carbons (Fsp3) is 0.909. The molecule has 88 valence electrons. The zero-order valence-corrected chi connectivity index (χ0v) is 9.84. The lowest BCUT2D eigenvalue weighted by molar-refractivity contribution is -0.153. The van der Waals surface area contributed by atoms with Crippen molar-refractivity contribution in [3.8, 4) is 0 Å². The van der Waals surface area contributed by atoms with E-state index in [1.807, 2.05) is 20.8 Å². The third-order valence-corrected chi connectivity index (χ3v) is 2.42. The average molecular weight is 215 g/mol. The smallest absolute Gasteiger partial charge is 0.328 e. The summed E-state index contributed by atoms with van der Waals surface area (Å²) in [6, 6.07) is 0.458. The monoisotopic (exact) mass is 215 g/mol. The first-order valence-corrected chi connectivity index (χ1v) is 5.65. The van der Waals surface area contributed by atoms with E-state index in [0.717, 1.165) is 12.8 Å². The van der Waals surface area contributed by atoms with E-state index >= 15 is 0 Å². The van der Waals surface area contributed by atoms with Gasteiger partial charge in [0, 0.05) is 12.6 Å². The van der Waals surface area contributed by atoms with Gasteiger partial charge in [0.1, 0.15) is 5.54 Å². The molecule has 4 heteroatoms. The van der Waals surface area contributed by atoms with Crippen LogP contribution in [0.2, 0.25) is 0 Å². The molecule has 0 aliphatic heterocycles. The van der Waals surface area contributed by atoms with Gasteiger partial charge in [-0.05, 0) is 33.6 Å². The van der Waals surface area contributed by atoms with E-state index in [1.54, 1.807) is 0 Å². The Labute approximate surface area is 91.3 Å². The standard InChI is InChI=1S/C11H21NO3/c1-4-14-8-11(3,10(13)15-5-2)12-9-6-7-9/h9,12H,4-8H2,1-3H3. The Hall–Kier alpha value is -0.610. The predicted molar refractivity (Wildman–Crippen MR) is 57.7 cm³/mol. The minimum atomic E-state index is -0.687. The molecule has 0 spiro atoms. The van der Waals surface area contributed by atoms with Gasteiger partial charge in [-0.25, -0.2) is 4.79 Å². The minimum absolute atomic E-state index is 0.217. The Balaban J connectivity index is 2.51. The second-order valence-electron chi connectivity index (χ2n) is 4.11. The van der Waals surface area contributed by atoms with E-state index < -0.39 is 5.54 Å². The number of esters is 1. The van der Waals surface area contributed by atoms with Gasteiger partial charge in [-0.15, -0.1) is 0 Å². The van der Waals surface area contributed by atoms with E-state index in [9.17, 15) is 4.79 Å². The van der Waals surface area contributed by atoms with E-state index in [1.165, 1.54) is 0 Å². The van der Waals surface area contributed by atoms with Gasteiger partial charge in [0.05, 0.1) is 13.2 Å². The Bertz CT molecular complexity index is 216. The lowest BCUT2D eigenvalue weighted by atomic mass is 10.0. The van der Waals surface area contributed by atoms with Crippen molar-refractivity contribution in [2.45, 2.75) is 45.2 Å². The summed E-state index contributed by atoms with van der Waals surface area (Å²) >= 11 is 0. The molecular formula is C11H21NO3. The Morgan fingerprint density at radius 2 is 2.07 bits per heavy atom. The van der Waals surface area contributed by atoms with Crippen molar-refractivity contribution in [2.24, 2.45) is 0 Å². The molecule has 4 nitrogen and oxygen atoms in total. The van der Waals surface area contributed by atoms with Crippen molar-refractivity contribution in [3.63, 3.8) is 0 Å². The Morgan fingerprint density at radius 1 is 1.40 bits per heavy atom. The lowest BCUT2D eigenvalue weighted by Gasteiger charge is -2.28. The quantitative estimate of drug-likeness (QED) is 0.646. The predicted octanol–water partition coefficient (Wildman–Crippen LogP) is 1.10. The molecule has 1 fully saturated rings. The van der Waals surface area contributed by atoms with Gasteiger partial charge in [-0.1, -0.05) is 0 Å². The van der Waals surface area contributed by atoms with Crippen LogP contribution >= 0.6 is 0 Å². The molecule has 1 aliphatic carbocycles. The molecular weight excluding hydrogens is 194 g/mol. The molecule has 0 aromatic heterocycles. The van der Waals surface area contributed by atoms with Gasteiger partial charge in [0.25, 0.3) is 0 Å². The van der Waals surface area contributed by atoms with Crippen LogP contribution in [0.25, 0.3) is 0 Å². The number of carbonyl (C=O) groups is 1. The fourth-order valence-corrected chi connectivity index (χ4v) is 1.43. The maximum atomic E-state index is 11.8. The number of carbonyl (C=O) groups excluding carboxylic acids is 1. The van der Waals surface area contributed by atoms with Crippen LogP contribution in [-0.4, -0.2) is 37.4 Å². The SMILES string of the molecule is CCOCC(C)(NC1CC1)C(=O)OCC. The molecule has 1 unspecified atom stereocenters. The fourth-order valence-electron chi connectivity index (χ4n) is 1.43. The van der Waals surface area contributed by atoms with Crippen LogP contribution in [0.3, 0.4) is 0 Å². The molecule has 0 heterocycles. The summed E-state index contributed by atoms with van der Waals surface area (Å²) in [6.07, 6.45) is 2.28. The van der Waals surface area contributed by atoms with Gasteiger partial charge in [-0.3, -0.25) is 5.32 Å². The van der Waals surface area contributed by atoms with Gasteiger partial charge in [-0.2, -0.15) is 0 Å². The maximum absolute atomic E-state index is 11.8. The van der Waals surface area contributed by atoms with Crippen LogP contribution < -0.4 is 5.32 Å². The summed E-state index contributed by atoms with van der Waals surface area (Å²) in [5, 5.41) is 3.29. The molecule has 15 heavy (non-hydrogen) atoms. The Morgan fingerprint density at radius 3 is 2.53 bits per heavy atom. The van der Waals surface area contributed by atoms with E-state index in [-0.39, 0.29) is 5.97 Å². The summed E-state index contributed by atoms with van der Waals surface area (Å²) < 4.78 is 10.4. The second kappa shape index (κ2) is 5.47. The van der Waals surface area contributed by atoms with E-state index in [2.05, 4.69) is 5.32 Å². The summed E-state index contributed by atoms with van der Waals surface area (Å²) in [7, 11) is 0. The highest BCUT2D eigenvalue weighted by molar-refractivity contribution is 5.80. The van der Waals surface area contributed by atoms with Gasteiger partial charge in [0.15, 0.2) is 0 Å². The van der Waals surface area contributed by atoms with Gasteiger partial charge < -0.3 is 9.47 Å². The summed E-state index contributed by atoms with van der Waals surface area (Å²) in [5.74, 6) is -0.217. The normalized spacial score (nSPS) is 19.7. The Kier molecular flexibility index (Phi) is 4.54.